The molecular weight excluding hydrogens is 393 g/mol. The second kappa shape index (κ2) is 9.98. The first-order valence-electron chi connectivity index (χ1n) is 10.2. The largest absolute Gasteiger partial charge is 0.497 e. The van der Waals surface area contributed by atoms with E-state index in [0.717, 1.165) is 36.6 Å². The molecule has 162 valence electrons. The summed E-state index contributed by atoms with van der Waals surface area (Å²) >= 11 is 0. The highest BCUT2D eigenvalue weighted by atomic mass is 19.4. The first-order chi connectivity index (χ1) is 14.4. The van der Waals surface area contributed by atoms with Crippen molar-refractivity contribution < 1.29 is 22.7 Å². The number of halogens is 3. The van der Waals surface area contributed by atoms with Crippen molar-refractivity contribution in [2.75, 3.05) is 20.2 Å². The van der Waals surface area contributed by atoms with Crippen molar-refractivity contribution in [2.24, 2.45) is 0 Å². The highest BCUT2D eigenvalue weighted by Crippen LogP contribution is 2.29. The average Bonchev–Trinajstić information content (AvgIpc) is 3.09. The fraction of sp³-hybridized carbons (Fsp3) is 0.435. The van der Waals surface area contributed by atoms with Crippen LogP contribution in [0.2, 0.25) is 0 Å². The Labute approximate surface area is 175 Å². The van der Waals surface area contributed by atoms with Gasteiger partial charge in [-0.1, -0.05) is 30.3 Å². The Morgan fingerprint density at radius 1 is 1.13 bits per heavy atom. The van der Waals surface area contributed by atoms with E-state index in [1.54, 1.807) is 13.2 Å². The molecule has 0 aromatic heterocycles. The molecule has 1 fully saturated rings. The lowest BCUT2D eigenvalue weighted by molar-refractivity contribution is -0.137. The molecule has 0 saturated carbocycles. The van der Waals surface area contributed by atoms with Crippen LogP contribution < -0.4 is 10.1 Å². The van der Waals surface area contributed by atoms with E-state index in [1.165, 1.54) is 12.1 Å². The van der Waals surface area contributed by atoms with Gasteiger partial charge in [0.15, 0.2) is 0 Å². The van der Waals surface area contributed by atoms with Gasteiger partial charge < -0.3 is 15.0 Å². The van der Waals surface area contributed by atoms with E-state index in [0.29, 0.717) is 31.6 Å². The van der Waals surface area contributed by atoms with E-state index in [9.17, 15) is 18.0 Å². The molecule has 0 bridgehead atoms. The van der Waals surface area contributed by atoms with Crippen LogP contribution in [-0.2, 0) is 23.9 Å². The summed E-state index contributed by atoms with van der Waals surface area (Å²) in [7, 11) is 1.63. The minimum Gasteiger partial charge on any atom is -0.497 e. The molecule has 1 aliphatic rings. The van der Waals surface area contributed by atoms with E-state index in [1.807, 2.05) is 29.2 Å². The number of alkyl halides is 3. The molecule has 1 N–H and O–H groups in total. The number of carbonyl (C=O) groups is 1. The summed E-state index contributed by atoms with van der Waals surface area (Å²) < 4.78 is 43.6. The van der Waals surface area contributed by atoms with Gasteiger partial charge in [-0.2, -0.15) is 13.2 Å². The third-order valence-electron chi connectivity index (χ3n) is 5.49. The lowest BCUT2D eigenvalue weighted by Crippen LogP contribution is -2.36. The smallest absolute Gasteiger partial charge is 0.416 e. The lowest BCUT2D eigenvalue weighted by atomic mass is 10.1. The molecule has 7 heteroatoms. The predicted molar refractivity (Wildman–Crippen MR) is 109 cm³/mol. The van der Waals surface area contributed by atoms with E-state index >= 15 is 0 Å². The molecule has 0 spiro atoms. The highest BCUT2D eigenvalue weighted by molar-refractivity contribution is 5.78. The number of benzene rings is 2. The van der Waals surface area contributed by atoms with E-state index in [4.69, 9.17) is 4.74 Å². The molecule has 4 nitrogen and oxygen atoms in total. The fourth-order valence-electron chi connectivity index (χ4n) is 3.80. The van der Waals surface area contributed by atoms with E-state index in [2.05, 4.69) is 5.32 Å². The third-order valence-corrected chi connectivity index (χ3v) is 5.49. The molecule has 0 unspecified atom stereocenters. The molecule has 3 rings (SSSR count). The van der Waals surface area contributed by atoms with Crippen LogP contribution >= 0.6 is 0 Å². The third kappa shape index (κ3) is 5.98. The summed E-state index contributed by atoms with van der Waals surface area (Å²) in [6, 6.07) is 13.4. The van der Waals surface area contributed by atoms with Gasteiger partial charge in [0.2, 0.25) is 5.91 Å². The number of nitrogens with one attached hydrogen (secondary N) is 1. The Hall–Kier alpha value is -2.54. The number of likely N-dealkylation sites (tertiary alicyclic amines) is 1. The summed E-state index contributed by atoms with van der Waals surface area (Å²) in [4.78, 5) is 14.2. The Morgan fingerprint density at radius 3 is 2.60 bits per heavy atom. The molecule has 0 radical (unpaired) electrons. The monoisotopic (exact) mass is 420 g/mol. The normalized spacial score (nSPS) is 16.9. The zero-order valence-corrected chi connectivity index (χ0v) is 17.0. The zero-order chi connectivity index (χ0) is 21.6. The van der Waals surface area contributed by atoms with Crippen LogP contribution in [0.15, 0.2) is 48.5 Å². The van der Waals surface area contributed by atoms with Crippen molar-refractivity contribution in [1.29, 1.82) is 0 Å². The number of rotatable bonds is 9. The molecule has 30 heavy (non-hydrogen) atoms. The van der Waals surface area contributed by atoms with Crippen LogP contribution in [0, 0.1) is 0 Å². The van der Waals surface area contributed by atoms with Crippen LogP contribution in [0.3, 0.4) is 0 Å². The summed E-state index contributed by atoms with van der Waals surface area (Å²) in [6.45, 7) is 1.69. The fourth-order valence-corrected chi connectivity index (χ4v) is 3.80. The SMILES string of the molecule is COc1ccc(CCN2C(=O)CC[C@H]2CCNCc2cccc(C(F)(F)F)c2)cc1. The second-order valence-corrected chi connectivity index (χ2v) is 7.54. The molecule has 1 heterocycles. The number of hydrogen-bond donors (Lipinski definition) is 1. The van der Waals surface area contributed by atoms with Crippen molar-refractivity contribution in [3.8, 4) is 5.75 Å². The van der Waals surface area contributed by atoms with Gasteiger partial charge in [-0.3, -0.25) is 4.79 Å². The van der Waals surface area contributed by atoms with Gasteiger partial charge in [-0.05, 0) is 55.1 Å². The van der Waals surface area contributed by atoms with Crippen LogP contribution in [0.25, 0.3) is 0 Å². The van der Waals surface area contributed by atoms with Crippen molar-refractivity contribution in [3.63, 3.8) is 0 Å². The molecule has 1 atom stereocenters. The molecule has 1 amide bonds. The number of methoxy groups -OCH3 is 1. The quantitative estimate of drug-likeness (QED) is 0.611. The maximum atomic E-state index is 12.8. The summed E-state index contributed by atoms with van der Waals surface area (Å²) in [6.07, 6.45) is -1.38. The van der Waals surface area contributed by atoms with Gasteiger partial charge in [-0.15, -0.1) is 0 Å². The van der Waals surface area contributed by atoms with Gasteiger partial charge in [0.25, 0.3) is 0 Å². The van der Waals surface area contributed by atoms with Gasteiger partial charge in [-0.25, -0.2) is 0 Å². The first kappa shape index (κ1) is 22.2. The number of ether oxygens (including phenoxy) is 1. The van der Waals surface area contributed by atoms with Gasteiger partial charge in [0.05, 0.1) is 12.7 Å². The van der Waals surface area contributed by atoms with Crippen molar-refractivity contribution >= 4 is 5.91 Å². The first-order valence-corrected chi connectivity index (χ1v) is 10.2. The van der Waals surface area contributed by atoms with Crippen LogP contribution in [0.5, 0.6) is 5.75 Å². The maximum Gasteiger partial charge on any atom is 0.416 e. The summed E-state index contributed by atoms with van der Waals surface area (Å²) in [5, 5.41) is 3.21. The van der Waals surface area contributed by atoms with Gasteiger partial charge >= 0.3 is 6.18 Å². The highest BCUT2D eigenvalue weighted by Gasteiger charge is 2.31. The summed E-state index contributed by atoms with van der Waals surface area (Å²) in [5.41, 5.74) is 1.12. The minimum absolute atomic E-state index is 0.171. The Bertz CT molecular complexity index is 837. The van der Waals surface area contributed by atoms with Crippen LogP contribution in [-0.4, -0.2) is 37.0 Å². The van der Waals surface area contributed by atoms with Crippen LogP contribution in [0.4, 0.5) is 13.2 Å². The average molecular weight is 420 g/mol. The Balaban J connectivity index is 1.45. The Kier molecular flexibility index (Phi) is 7.37. The summed E-state index contributed by atoms with van der Waals surface area (Å²) in [5.74, 6) is 0.979. The molecule has 1 saturated heterocycles. The van der Waals surface area contributed by atoms with E-state index < -0.39 is 11.7 Å². The molecule has 2 aromatic rings. The van der Waals surface area contributed by atoms with Gasteiger partial charge in [0.1, 0.15) is 5.75 Å². The number of hydrogen-bond acceptors (Lipinski definition) is 3. The maximum absolute atomic E-state index is 12.8. The lowest BCUT2D eigenvalue weighted by Gasteiger charge is -2.25. The minimum atomic E-state index is -4.33. The molecular formula is C23H27F3N2O2. The standard InChI is InChI=1S/C23H27F3N2O2/c1-30-21-8-5-17(6-9-21)12-14-28-20(7-10-22(28)29)11-13-27-16-18-3-2-4-19(15-18)23(24,25)26/h2-6,8-9,15,20,27H,7,10-14,16H2,1H3/t20-/m0/s1. The molecule has 2 aromatic carbocycles. The number of amides is 1. The predicted octanol–water partition coefficient (Wildman–Crippen LogP) is 4.43. The van der Waals surface area contributed by atoms with Gasteiger partial charge in [0, 0.05) is 25.6 Å². The second-order valence-electron chi connectivity index (χ2n) is 7.54. The van der Waals surface area contributed by atoms with E-state index in [-0.39, 0.29) is 11.9 Å². The van der Waals surface area contributed by atoms with Crippen LogP contribution in [0.1, 0.15) is 36.0 Å². The Morgan fingerprint density at radius 2 is 1.90 bits per heavy atom. The topological polar surface area (TPSA) is 41.6 Å². The molecule has 1 aliphatic heterocycles. The number of carbonyl (C=O) groups excluding carboxylic acids is 1. The van der Waals surface area contributed by atoms with Crippen molar-refractivity contribution in [3.05, 3.63) is 65.2 Å². The number of nitrogens with zero attached hydrogens (tertiary/aromatic N) is 1. The van der Waals surface area contributed by atoms with Crippen molar-refractivity contribution in [1.82, 2.24) is 10.2 Å². The zero-order valence-electron chi connectivity index (χ0n) is 17.0. The van der Waals surface area contributed by atoms with Crippen molar-refractivity contribution in [2.45, 2.75) is 44.4 Å². The molecule has 0 aliphatic carbocycles.